The number of aryl methyl sites for hydroxylation is 2. The van der Waals surface area contributed by atoms with E-state index in [-0.39, 0.29) is 5.41 Å². The number of anilines is 1. The molecule has 0 fully saturated rings. The van der Waals surface area contributed by atoms with Crippen molar-refractivity contribution in [3.8, 4) is 0 Å². The van der Waals surface area contributed by atoms with Crippen LogP contribution in [0, 0.1) is 0 Å². The molecule has 1 atom stereocenters. The quantitative estimate of drug-likeness (QED) is 0.247. The van der Waals surface area contributed by atoms with Crippen molar-refractivity contribution in [3.63, 3.8) is 0 Å². The fourth-order valence-corrected chi connectivity index (χ4v) is 12.7. The van der Waals surface area contributed by atoms with Crippen molar-refractivity contribution in [3.05, 3.63) is 150 Å². The van der Waals surface area contributed by atoms with Gasteiger partial charge in [-0.2, -0.15) is 0 Å². The number of nitrogen functional groups attached to an aromatic ring is 1. The van der Waals surface area contributed by atoms with E-state index in [4.69, 9.17) is 5.73 Å². The van der Waals surface area contributed by atoms with E-state index in [9.17, 15) is 0 Å². The second kappa shape index (κ2) is 8.72. The molecule has 0 saturated heterocycles. The molecule has 37 heavy (non-hydrogen) atoms. The first-order valence-electron chi connectivity index (χ1n) is 13.4. The molecule has 2 N–H and O–H groups in total. The summed E-state index contributed by atoms with van der Waals surface area (Å²) in [5.74, 6) is 0. The Hall–Kier alpha value is -3.67. The maximum absolute atomic E-state index is 6.79. The van der Waals surface area contributed by atoms with E-state index < -0.39 is 7.26 Å². The van der Waals surface area contributed by atoms with Crippen molar-refractivity contribution in [2.24, 2.45) is 0 Å². The molecule has 0 radical (unpaired) electrons. The Bertz CT molecular complexity index is 1480. The van der Waals surface area contributed by atoms with Crippen molar-refractivity contribution >= 4 is 34.2 Å². The topological polar surface area (TPSA) is 26.0 Å². The first kappa shape index (κ1) is 22.5. The Morgan fingerprint density at radius 1 is 0.486 bits per heavy atom. The monoisotopic (exact) mass is 497 g/mol. The van der Waals surface area contributed by atoms with Crippen LogP contribution in [0.4, 0.5) is 5.69 Å². The van der Waals surface area contributed by atoms with Crippen molar-refractivity contribution in [1.82, 2.24) is 0 Å². The minimum absolute atomic E-state index is 0.0107. The molecule has 1 nitrogen and oxygen atoms in total. The third kappa shape index (κ3) is 3.20. The third-order valence-electron chi connectivity index (χ3n) is 8.96. The Balaban J connectivity index is 1.63. The summed E-state index contributed by atoms with van der Waals surface area (Å²) in [7, 11) is -2.63. The molecule has 0 bridgehead atoms. The van der Waals surface area contributed by atoms with Crippen molar-refractivity contribution in [2.45, 2.75) is 31.1 Å². The zero-order valence-electron chi connectivity index (χ0n) is 21.0. The molecule has 182 valence electrons. The van der Waals surface area contributed by atoms with Gasteiger partial charge in [0.25, 0.3) is 0 Å². The van der Waals surface area contributed by atoms with E-state index >= 15 is 0 Å². The Labute approximate surface area is 220 Å². The zero-order chi connectivity index (χ0) is 24.9. The van der Waals surface area contributed by atoms with E-state index in [2.05, 4.69) is 127 Å². The van der Waals surface area contributed by atoms with E-state index in [0.29, 0.717) is 0 Å². The summed E-state index contributed by atoms with van der Waals surface area (Å²) in [6, 6.07) is 47.6. The van der Waals surface area contributed by atoms with E-state index in [0.717, 1.165) is 31.4 Å². The van der Waals surface area contributed by atoms with Gasteiger partial charge < -0.3 is 0 Å². The van der Waals surface area contributed by atoms with E-state index in [1.165, 1.54) is 37.9 Å². The molecule has 0 saturated carbocycles. The van der Waals surface area contributed by atoms with Gasteiger partial charge in [-0.05, 0) is 0 Å². The average Bonchev–Trinajstić information content (AvgIpc) is 3.54. The number of rotatable bonds is 4. The van der Waals surface area contributed by atoms with Crippen LogP contribution >= 0.6 is 7.26 Å². The molecule has 2 aliphatic carbocycles. The van der Waals surface area contributed by atoms with Gasteiger partial charge in [-0.3, -0.25) is 0 Å². The summed E-state index contributed by atoms with van der Waals surface area (Å²) in [6.07, 6.45) is 4.50. The van der Waals surface area contributed by atoms with Gasteiger partial charge in [0.05, 0.1) is 0 Å². The van der Waals surface area contributed by atoms with Crippen LogP contribution < -0.4 is 27.0 Å². The van der Waals surface area contributed by atoms with Crippen LogP contribution in [-0.2, 0) is 18.3 Å². The van der Waals surface area contributed by atoms with Gasteiger partial charge in [0.15, 0.2) is 0 Å². The maximum atomic E-state index is 6.79. The van der Waals surface area contributed by atoms with Gasteiger partial charge in [-0.15, -0.1) is 0 Å². The van der Waals surface area contributed by atoms with E-state index in [1.807, 2.05) is 0 Å². The predicted octanol–water partition coefficient (Wildman–Crippen LogP) is 5.80. The fourth-order valence-electron chi connectivity index (χ4n) is 7.58. The standard InChI is InChI=1S/C35H32NP/c36-31-20-10-12-26-22-24-35(33(26)31)25-23-27-13-11-21-32(34(27)35)37(28-14-4-1-5-15-28,29-16-6-2-7-17-29)30-18-8-3-9-19-30/h1-21,37H,22-25,36H2/t35-/m1/s1. The summed E-state index contributed by atoms with van der Waals surface area (Å²) in [5.41, 5.74) is 13.7. The number of fused-ring (bicyclic) bond motifs is 4. The zero-order valence-corrected chi connectivity index (χ0v) is 22.0. The molecule has 7 rings (SSSR count). The number of nitrogens with two attached hydrogens (primary N) is 1. The minimum atomic E-state index is -2.63. The normalized spacial score (nSPS) is 18.5. The summed E-state index contributed by atoms with van der Waals surface area (Å²) in [4.78, 5) is 0. The van der Waals surface area contributed by atoms with Crippen LogP contribution in [0.15, 0.2) is 127 Å². The average molecular weight is 498 g/mol. The second-order valence-corrected chi connectivity index (χ2v) is 14.4. The fraction of sp³-hybridized carbons (Fsp3) is 0.143. The summed E-state index contributed by atoms with van der Waals surface area (Å²) in [6.45, 7) is 0. The molecule has 0 aromatic heterocycles. The van der Waals surface area contributed by atoms with Crippen LogP contribution in [-0.4, -0.2) is 0 Å². The van der Waals surface area contributed by atoms with Gasteiger partial charge in [0, 0.05) is 0 Å². The molecule has 0 amide bonds. The van der Waals surface area contributed by atoms with Gasteiger partial charge in [0.1, 0.15) is 0 Å². The van der Waals surface area contributed by atoms with Crippen LogP contribution in [0.3, 0.4) is 0 Å². The third-order valence-corrected chi connectivity index (χ3v) is 13.8. The number of hydrogen-bond acceptors (Lipinski definition) is 1. The van der Waals surface area contributed by atoms with Gasteiger partial charge in [-0.25, -0.2) is 0 Å². The molecule has 0 heterocycles. The molecule has 2 heteroatoms. The van der Waals surface area contributed by atoms with Gasteiger partial charge in [0.2, 0.25) is 0 Å². The molecule has 1 spiro atoms. The Kier molecular flexibility index (Phi) is 5.31. The second-order valence-electron chi connectivity index (χ2n) is 10.7. The molecule has 0 aliphatic heterocycles. The van der Waals surface area contributed by atoms with Crippen LogP contribution in [0.25, 0.3) is 0 Å². The SMILES string of the molecule is Nc1cccc2c1[C@@]1(CC2)CCc2cccc([PH](c3ccccc3)(c3ccccc3)c3ccccc3)c21. The van der Waals surface area contributed by atoms with Crippen LogP contribution in [0.2, 0.25) is 0 Å². The van der Waals surface area contributed by atoms with Crippen LogP contribution in [0.1, 0.15) is 35.1 Å². The van der Waals surface area contributed by atoms with Crippen LogP contribution in [0.5, 0.6) is 0 Å². The Morgan fingerprint density at radius 2 is 0.946 bits per heavy atom. The molecule has 0 unspecified atom stereocenters. The predicted molar refractivity (Wildman–Crippen MR) is 161 cm³/mol. The molecular formula is C35H32NP. The van der Waals surface area contributed by atoms with E-state index in [1.54, 1.807) is 5.56 Å². The molecule has 2 aliphatic rings. The Morgan fingerprint density at radius 3 is 1.46 bits per heavy atom. The van der Waals surface area contributed by atoms with Crippen molar-refractivity contribution in [2.75, 3.05) is 5.73 Å². The molecule has 5 aromatic rings. The molecular weight excluding hydrogens is 465 g/mol. The van der Waals surface area contributed by atoms with Gasteiger partial charge in [-0.1, -0.05) is 0 Å². The van der Waals surface area contributed by atoms with Crippen molar-refractivity contribution < 1.29 is 0 Å². The van der Waals surface area contributed by atoms with Crippen molar-refractivity contribution in [1.29, 1.82) is 0 Å². The first-order chi connectivity index (χ1) is 18.2. The number of hydrogen-bond donors (Lipinski definition) is 1. The summed E-state index contributed by atoms with van der Waals surface area (Å²) < 4.78 is 0. The summed E-state index contributed by atoms with van der Waals surface area (Å²) >= 11 is 0. The number of benzene rings is 5. The molecule has 5 aromatic carbocycles. The first-order valence-corrected chi connectivity index (χ1v) is 15.4. The summed E-state index contributed by atoms with van der Waals surface area (Å²) in [5, 5.41) is 5.83. The van der Waals surface area contributed by atoms with Gasteiger partial charge >= 0.3 is 221 Å².